The molecule has 0 radical (unpaired) electrons. The second-order valence-electron chi connectivity index (χ2n) is 4.61. The van der Waals surface area contributed by atoms with Crippen molar-refractivity contribution in [1.82, 2.24) is 20.4 Å². The average Bonchev–Trinajstić information content (AvgIpc) is 3.09. The maximum atomic E-state index is 5.77. The highest BCUT2D eigenvalue weighted by Gasteiger charge is 2.21. The number of aromatic nitrogens is 3. The third-order valence-electron chi connectivity index (χ3n) is 3.20. The summed E-state index contributed by atoms with van der Waals surface area (Å²) in [5, 5.41) is 8.21. The molecule has 0 bridgehead atoms. The van der Waals surface area contributed by atoms with Crippen LogP contribution in [0.3, 0.4) is 0 Å². The van der Waals surface area contributed by atoms with Crippen molar-refractivity contribution in [2.45, 2.75) is 13.0 Å². The van der Waals surface area contributed by atoms with Crippen molar-refractivity contribution in [3.8, 4) is 5.69 Å². The van der Waals surface area contributed by atoms with Crippen LogP contribution in [0.1, 0.15) is 22.2 Å². The summed E-state index contributed by atoms with van der Waals surface area (Å²) in [5.41, 5.74) is 5.91. The lowest BCUT2D eigenvalue weighted by atomic mass is 10.1. The molecule has 0 fully saturated rings. The fourth-order valence-electron chi connectivity index (χ4n) is 2.15. The topological polar surface area (TPSA) is 68.8 Å². The molecule has 1 unspecified atom stereocenters. The highest BCUT2D eigenvalue weighted by molar-refractivity contribution is 9.11. The van der Waals surface area contributed by atoms with Gasteiger partial charge < -0.3 is 0 Å². The van der Waals surface area contributed by atoms with Crippen molar-refractivity contribution in [3.05, 3.63) is 62.5 Å². The highest BCUT2D eigenvalue weighted by atomic mass is 79.9. The Morgan fingerprint density at radius 1 is 1.33 bits per heavy atom. The van der Waals surface area contributed by atoms with E-state index in [-0.39, 0.29) is 6.04 Å². The minimum atomic E-state index is -0.157. The first-order valence-corrected chi connectivity index (χ1v) is 7.99. The van der Waals surface area contributed by atoms with Crippen molar-refractivity contribution in [3.63, 3.8) is 0 Å². The van der Waals surface area contributed by atoms with Gasteiger partial charge in [0.2, 0.25) is 0 Å². The Kier molecular flexibility index (Phi) is 4.16. The zero-order valence-electron chi connectivity index (χ0n) is 11.3. The monoisotopic (exact) mass is 363 g/mol. The molecule has 3 N–H and O–H groups in total. The summed E-state index contributed by atoms with van der Waals surface area (Å²) < 4.78 is 2.91. The van der Waals surface area contributed by atoms with Gasteiger partial charge in [-0.25, -0.2) is 10.1 Å². The molecule has 5 nitrogen and oxygen atoms in total. The van der Waals surface area contributed by atoms with E-state index in [4.69, 9.17) is 5.84 Å². The number of benzene rings is 1. The van der Waals surface area contributed by atoms with E-state index in [1.807, 2.05) is 30.3 Å². The molecule has 2 aromatic heterocycles. The van der Waals surface area contributed by atoms with Crippen LogP contribution in [0.5, 0.6) is 0 Å². The number of para-hydroxylation sites is 1. The molecular weight excluding hydrogens is 350 g/mol. The van der Waals surface area contributed by atoms with E-state index in [2.05, 4.69) is 44.7 Å². The van der Waals surface area contributed by atoms with Gasteiger partial charge in [0.15, 0.2) is 0 Å². The molecule has 0 aliphatic rings. The van der Waals surface area contributed by atoms with Gasteiger partial charge in [-0.15, -0.1) is 16.4 Å². The van der Waals surface area contributed by atoms with Crippen LogP contribution >= 0.6 is 27.3 Å². The van der Waals surface area contributed by atoms with Gasteiger partial charge in [0.1, 0.15) is 0 Å². The lowest BCUT2D eigenvalue weighted by molar-refractivity contribution is 0.603. The highest BCUT2D eigenvalue weighted by Crippen LogP contribution is 2.34. The van der Waals surface area contributed by atoms with Gasteiger partial charge in [-0.2, -0.15) is 0 Å². The maximum absolute atomic E-state index is 5.77. The SMILES string of the molecule is Cc1cc(C(NN)c2cnnn2-c2ccccc2)sc1Br. The van der Waals surface area contributed by atoms with Crippen LogP contribution in [-0.4, -0.2) is 15.0 Å². The number of hydrogen-bond acceptors (Lipinski definition) is 5. The van der Waals surface area contributed by atoms with Gasteiger partial charge in [0.05, 0.1) is 27.4 Å². The number of nitrogens with one attached hydrogen (secondary N) is 1. The number of nitrogens with zero attached hydrogens (tertiary/aromatic N) is 3. The second kappa shape index (κ2) is 6.07. The molecule has 0 saturated heterocycles. The molecule has 1 aromatic carbocycles. The van der Waals surface area contributed by atoms with Crippen LogP contribution in [0, 0.1) is 6.92 Å². The molecule has 0 aliphatic heterocycles. The van der Waals surface area contributed by atoms with Crippen molar-refractivity contribution < 1.29 is 0 Å². The summed E-state index contributed by atoms with van der Waals surface area (Å²) in [6, 6.07) is 11.8. The fraction of sp³-hybridized carbons (Fsp3) is 0.143. The van der Waals surface area contributed by atoms with Crippen molar-refractivity contribution >= 4 is 27.3 Å². The fourth-order valence-corrected chi connectivity index (χ4v) is 3.79. The van der Waals surface area contributed by atoms with Crippen LogP contribution in [0.2, 0.25) is 0 Å². The van der Waals surface area contributed by atoms with Crippen molar-refractivity contribution in [2.24, 2.45) is 5.84 Å². The Morgan fingerprint density at radius 3 is 2.71 bits per heavy atom. The van der Waals surface area contributed by atoms with E-state index >= 15 is 0 Å². The summed E-state index contributed by atoms with van der Waals surface area (Å²) in [5.74, 6) is 5.77. The van der Waals surface area contributed by atoms with Gasteiger partial charge in [-0.3, -0.25) is 5.84 Å². The molecule has 21 heavy (non-hydrogen) atoms. The molecule has 7 heteroatoms. The van der Waals surface area contributed by atoms with E-state index in [0.717, 1.165) is 20.0 Å². The van der Waals surface area contributed by atoms with Crippen LogP contribution in [0.25, 0.3) is 5.69 Å². The summed E-state index contributed by atoms with van der Waals surface area (Å²) in [7, 11) is 0. The third-order valence-corrected chi connectivity index (χ3v) is 5.40. The summed E-state index contributed by atoms with van der Waals surface area (Å²) in [6.45, 7) is 2.06. The number of halogens is 1. The Labute approximate surface area is 134 Å². The normalized spacial score (nSPS) is 12.5. The standard InChI is InChI=1S/C14H14BrN5S/c1-9-7-12(21-14(9)15)13(18-16)11-8-17-19-20(11)10-5-3-2-4-6-10/h2-8,13,18H,16H2,1H3. The first-order valence-electron chi connectivity index (χ1n) is 6.38. The summed E-state index contributed by atoms with van der Waals surface area (Å²) >= 11 is 5.21. The largest absolute Gasteiger partial charge is 0.270 e. The lowest BCUT2D eigenvalue weighted by Crippen LogP contribution is -2.30. The van der Waals surface area contributed by atoms with Crippen molar-refractivity contribution in [1.29, 1.82) is 0 Å². The zero-order valence-corrected chi connectivity index (χ0v) is 13.7. The molecule has 0 amide bonds. The van der Waals surface area contributed by atoms with Crippen LogP contribution in [0.4, 0.5) is 0 Å². The number of nitrogens with two attached hydrogens (primary N) is 1. The number of rotatable bonds is 4. The molecule has 1 atom stereocenters. The summed E-state index contributed by atoms with van der Waals surface area (Å²) in [6.07, 6.45) is 1.74. The molecule has 0 saturated carbocycles. The Hall–Kier alpha value is -1.54. The summed E-state index contributed by atoms with van der Waals surface area (Å²) in [4.78, 5) is 1.11. The van der Waals surface area contributed by atoms with Gasteiger partial charge in [0.25, 0.3) is 0 Å². The maximum Gasteiger partial charge on any atom is 0.0991 e. The van der Waals surface area contributed by atoms with Crippen molar-refractivity contribution in [2.75, 3.05) is 0 Å². The van der Waals surface area contributed by atoms with Crippen LogP contribution in [0.15, 0.2) is 46.4 Å². The third kappa shape index (κ3) is 2.77. The predicted octanol–water partition coefficient (Wildman–Crippen LogP) is 2.95. The first kappa shape index (κ1) is 14.4. The molecule has 108 valence electrons. The zero-order chi connectivity index (χ0) is 14.8. The quantitative estimate of drug-likeness (QED) is 0.552. The van der Waals surface area contributed by atoms with Gasteiger partial charge in [0, 0.05) is 4.88 Å². The second-order valence-corrected chi connectivity index (χ2v) is 7.01. The number of hydrazine groups is 1. The smallest absolute Gasteiger partial charge is 0.0991 e. The average molecular weight is 364 g/mol. The lowest BCUT2D eigenvalue weighted by Gasteiger charge is -2.15. The van der Waals surface area contributed by atoms with E-state index < -0.39 is 0 Å². The van der Waals surface area contributed by atoms with E-state index in [1.165, 1.54) is 5.56 Å². The molecule has 0 spiro atoms. The van der Waals surface area contributed by atoms with E-state index in [9.17, 15) is 0 Å². The Bertz CT molecular complexity index is 717. The molecular formula is C14H14BrN5S. The minimum absolute atomic E-state index is 0.157. The molecule has 3 aromatic rings. The number of aryl methyl sites for hydroxylation is 1. The Balaban J connectivity index is 2.05. The van der Waals surface area contributed by atoms with E-state index in [0.29, 0.717) is 0 Å². The number of hydrogen-bond donors (Lipinski definition) is 2. The molecule has 3 rings (SSSR count). The minimum Gasteiger partial charge on any atom is -0.270 e. The Morgan fingerprint density at radius 2 is 2.10 bits per heavy atom. The molecule has 2 heterocycles. The first-order chi connectivity index (χ1) is 10.2. The van der Waals surface area contributed by atoms with E-state index in [1.54, 1.807) is 22.2 Å². The van der Waals surface area contributed by atoms with Crippen LogP contribution < -0.4 is 11.3 Å². The molecule has 0 aliphatic carbocycles. The predicted molar refractivity (Wildman–Crippen MR) is 87.3 cm³/mol. The van der Waals surface area contributed by atoms with Gasteiger partial charge in [-0.05, 0) is 46.6 Å². The van der Waals surface area contributed by atoms with Crippen LogP contribution in [-0.2, 0) is 0 Å². The number of thiophene rings is 1. The van der Waals surface area contributed by atoms with Gasteiger partial charge >= 0.3 is 0 Å². The van der Waals surface area contributed by atoms with Gasteiger partial charge in [-0.1, -0.05) is 23.4 Å².